The van der Waals surface area contributed by atoms with Crippen molar-refractivity contribution in [3.05, 3.63) is 0 Å². The molecule has 2 saturated heterocycles. The molecule has 0 amide bonds. The Morgan fingerprint density at radius 1 is 1.06 bits per heavy atom. The van der Waals surface area contributed by atoms with E-state index < -0.39 is 5.60 Å². The first-order chi connectivity index (χ1) is 8.13. The molecule has 3 nitrogen and oxygen atoms in total. The van der Waals surface area contributed by atoms with Gasteiger partial charge in [0.05, 0.1) is 17.3 Å². The summed E-state index contributed by atoms with van der Waals surface area (Å²) in [6.07, 6.45) is 4.43. The van der Waals surface area contributed by atoms with Crippen molar-refractivity contribution in [2.24, 2.45) is 17.1 Å². The van der Waals surface area contributed by atoms with Crippen molar-refractivity contribution in [2.75, 3.05) is 0 Å². The van der Waals surface area contributed by atoms with Crippen molar-refractivity contribution in [3.8, 4) is 0 Å². The highest BCUT2D eigenvalue weighted by Crippen LogP contribution is 2.64. The Kier molecular flexibility index (Phi) is 2.37. The van der Waals surface area contributed by atoms with Gasteiger partial charge in [0.15, 0.2) is 0 Å². The van der Waals surface area contributed by atoms with Crippen LogP contribution < -0.4 is 5.73 Å². The smallest absolute Gasteiger partial charge is 0.0920 e. The summed E-state index contributed by atoms with van der Waals surface area (Å²) < 4.78 is 6.40. The van der Waals surface area contributed by atoms with E-state index in [2.05, 4.69) is 27.7 Å². The van der Waals surface area contributed by atoms with E-state index in [0.29, 0.717) is 5.92 Å². The normalized spacial score (nSPS) is 58.3. The number of rotatable bonds is 0. The largest absolute Gasteiger partial charge is 0.390 e. The molecule has 3 N–H and O–H groups in total. The summed E-state index contributed by atoms with van der Waals surface area (Å²) in [7, 11) is 0. The van der Waals surface area contributed by atoms with Gasteiger partial charge >= 0.3 is 0 Å². The predicted molar refractivity (Wildman–Crippen MR) is 71.2 cm³/mol. The molecule has 5 unspecified atom stereocenters. The minimum Gasteiger partial charge on any atom is -0.390 e. The summed E-state index contributed by atoms with van der Waals surface area (Å²) in [5.41, 5.74) is 6.31. The second-order valence-electron chi connectivity index (χ2n) is 7.96. The van der Waals surface area contributed by atoms with Crippen molar-refractivity contribution >= 4 is 0 Å². The van der Waals surface area contributed by atoms with Gasteiger partial charge in [-0.15, -0.1) is 0 Å². The summed E-state index contributed by atoms with van der Waals surface area (Å²) >= 11 is 0. The van der Waals surface area contributed by atoms with Crippen LogP contribution >= 0.6 is 0 Å². The van der Waals surface area contributed by atoms with Gasteiger partial charge in [0.25, 0.3) is 0 Å². The molecule has 104 valence electrons. The molecule has 2 heterocycles. The molecule has 0 radical (unpaired) electrons. The standard InChI is InChI=1S/C15H27NO2/c1-12(2)9-10-13(3)6-5-11(17)14(4,18-13)7-8-15(10,12)16/h10-11,17H,5-9,16H2,1-4H3. The van der Waals surface area contributed by atoms with Crippen molar-refractivity contribution in [3.63, 3.8) is 0 Å². The van der Waals surface area contributed by atoms with E-state index in [9.17, 15) is 5.11 Å². The molecule has 2 bridgehead atoms. The molecule has 3 aliphatic rings. The molecule has 18 heavy (non-hydrogen) atoms. The van der Waals surface area contributed by atoms with Gasteiger partial charge in [-0.05, 0) is 51.4 Å². The molecule has 5 atom stereocenters. The Balaban J connectivity index is 2.00. The summed E-state index contributed by atoms with van der Waals surface area (Å²) in [6, 6.07) is 0. The average molecular weight is 253 g/mol. The lowest BCUT2D eigenvalue weighted by Crippen LogP contribution is -2.72. The molecule has 3 fully saturated rings. The number of fused-ring (bicyclic) bond motifs is 4. The molecule has 3 rings (SSSR count). The minimum atomic E-state index is -0.396. The zero-order valence-corrected chi connectivity index (χ0v) is 12.1. The third kappa shape index (κ3) is 1.36. The van der Waals surface area contributed by atoms with Crippen molar-refractivity contribution in [1.82, 2.24) is 0 Å². The van der Waals surface area contributed by atoms with Crippen LogP contribution in [0.25, 0.3) is 0 Å². The number of aliphatic hydroxyl groups is 1. The molecule has 2 aliphatic heterocycles. The highest BCUT2D eigenvalue weighted by atomic mass is 16.5. The molecular weight excluding hydrogens is 226 g/mol. The van der Waals surface area contributed by atoms with Crippen LogP contribution in [0.1, 0.15) is 59.8 Å². The Hall–Kier alpha value is -0.120. The molecule has 3 heteroatoms. The van der Waals surface area contributed by atoms with Gasteiger partial charge in [-0.1, -0.05) is 13.8 Å². The maximum Gasteiger partial charge on any atom is 0.0920 e. The van der Waals surface area contributed by atoms with Crippen LogP contribution in [0.3, 0.4) is 0 Å². The van der Waals surface area contributed by atoms with E-state index in [-0.39, 0.29) is 22.7 Å². The van der Waals surface area contributed by atoms with E-state index in [1.165, 1.54) is 0 Å². The highest BCUT2D eigenvalue weighted by Gasteiger charge is 2.67. The number of hydrogen-bond donors (Lipinski definition) is 2. The fraction of sp³-hybridized carbons (Fsp3) is 1.00. The second-order valence-corrected chi connectivity index (χ2v) is 7.96. The molecule has 0 aromatic rings. The molecule has 1 aliphatic carbocycles. The SMILES string of the molecule is CC12CCC3(N)C(CC3(C)C)C(C)(CCC1O)O2. The highest BCUT2D eigenvalue weighted by molar-refractivity contribution is 5.21. The van der Waals surface area contributed by atoms with E-state index in [1.54, 1.807) is 0 Å². The van der Waals surface area contributed by atoms with Gasteiger partial charge in [-0.25, -0.2) is 0 Å². The van der Waals surface area contributed by atoms with Crippen LogP contribution in [-0.2, 0) is 4.74 Å². The van der Waals surface area contributed by atoms with Crippen molar-refractivity contribution < 1.29 is 9.84 Å². The number of nitrogens with two attached hydrogens (primary N) is 1. The van der Waals surface area contributed by atoms with E-state index in [4.69, 9.17) is 10.5 Å². The number of hydrogen-bond acceptors (Lipinski definition) is 3. The molecule has 0 aromatic carbocycles. The lowest BCUT2D eigenvalue weighted by molar-refractivity contribution is -0.256. The third-order valence-corrected chi connectivity index (χ3v) is 6.45. The average Bonchev–Trinajstić information content (AvgIpc) is 2.33. The molecular formula is C15H27NO2. The van der Waals surface area contributed by atoms with Crippen molar-refractivity contribution in [2.45, 2.75) is 82.6 Å². The van der Waals surface area contributed by atoms with Gasteiger partial charge in [0.1, 0.15) is 0 Å². The Bertz CT molecular complexity index is 383. The Morgan fingerprint density at radius 2 is 1.72 bits per heavy atom. The van der Waals surface area contributed by atoms with Crippen LogP contribution in [0.4, 0.5) is 0 Å². The summed E-state index contributed by atoms with van der Waals surface area (Å²) in [6.45, 7) is 8.84. The van der Waals surface area contributed by atoms with Gasteiger partial charge in [-0.3, -0.25) is 0 Å². The summed E-state index contributed by atoms with van der Waals surface area (Å²) in [5, 5.41) is 10.3. The maximum absolute atomic E-state index is 10.3. The first-order valence-corrected chi connectivity index (χ1v) is 7.30. The van der Waals surface area contributed by atoms with Crippen molar-refractivity contribution in [1.29, 1.82) is 0 Å². The quantitative estimate of drug-likeness (QED) is 0.696. The summed E-state index contributed by atoms with van der Waals surface area (Å²) in [5.74, 6) is 0.439. The van der Waals surface area contributed by atoms with E-state index in [1.807, 2.05) is 0 Å². The lowest BCUT2D eigenvalue weighted by atomic mass is 9.45. The Labute approximate surface area is 110 Å². The zero-order chi connectivity index (χ0) is 13.4. The molecule has 0 spiro atoms. The first kappa shape index (κ1) is 12.9. The van der Waals surface area contributed by atoms with Crippen LogP contribution in [-0.4, -0.2) is 28.0 Å². The Morgan fingerprint density at radius 3 is 2.33 bits per heavy atom. The fourth-order valence-corrected chi connectivity index (χ4v) is 4.79. The van der Waals surface area contributed by atoms with Crippen LogP contribution in [0.5, 0.6) is 0 Å². The minimum absolute atomic E-state index is 0.121. The van der Waals surface area contributed by atoms with Gasteiger partial charge < -0.3 is 15.6 Å². The molecule has 0 aromatic heterocycles. The van der Waals surface area contributed by atoms with Gasteiger partial charge in [0, 0.05) is 11.5 Å². The monoisotopic (exact) mass is 253 g/mol. The fourth-order valence-electron chi connectivity index (χ4n) is 4.79. The summed E-state index contributed by atoms with van der Waals surface area (Å²) in [4.78, 5) is 0. The van der Waals surface area contributed by atoms with E-state index >= 15 is 0 Å². The van der Waals surface area contributed by atoms with Crippen LogP contribution in [0.2, 0.25) is 0 Å². The third-order valence-electron chi connectivity index (χ3n) is 6.45. The first-order valence-electron chi connectivity index (χ1n) is 7.30. The van der Waals surface area contributed by atoms with Gasteiger partial charge in [0.2, 0.25) is 0 Å². The lowest BCUT2D eigenvalue weighted by Gasteiger charge is -2.64. The zero-order valence-electron chi connectivity index (χ0n) is 12.1. The second kappa shape index (κ2) is 3.31. The topological polar surface area (TPSA) is 55.5 Å². The van der Waals surface area contributed by atoms with Crippen LogP contribution in [0, 0.1) is 11.3 Å². The number of ether oxygens (including phenoxy) is 1. The molecule has 1 saturated carbocycles. The predicted octanol–water partition coefficient (Wildman–Crippen LogP) is 2.21. The van der Waals surface area contributed by atoms with Crippen LogP contribution in [0.15, 0.2) is 0 Å². The number of aliphatic hydroxyl groups excluding tert-OH is 1. The van der Waals surface area contributed by atoms with Gasteiger partial charge in [-0.2, -0.15) is 0 Å². The van der Waals surface area contributed by atoms with E-state index in [0.717, 1.165) is 32.1 Å². The maximum atomic E-state index is 10.3.